The fourth-order valence-corrected chi connectivity index (χ4v) is 3.53. The molecular formula is C21H26N4O4S. The molecule has 0 fully saturated rings. The third-order valence-corrected chi connectivity index (χ3v) is 4.97. The summed E-state index contributed by atoms with van der Waals surface area (Å²) in [4.78, 5) is 38.3. The number of hydrogen-bond donors (Lipinski definition) is 1. The Morgan fingerprint density at radius 1 is 1.20 bits per heavy atom. The zero-order chi connectivity index (χ0) is 21.7. The predicted molar refractivity (Wildman–Crippen MR) is 115 cm³/mol. The second-order valence-corrected chi connectivity index (χ2v) is 8.64. The van der Waals surface area contributed by atoms with Crippen molar-refractivity contribution in [3.63, 3.8) is 0 Å². The molecule has 0 bridgehead atoms. The summed E-state index contributed by atoms with van der Waals surface area (Å²) in [6.07, 6.45) is 0.0638. The van der Waals surface area contributed by atoms with Gasteiger partial charge in [0.1, 0.15) is 11.4 Å². The van der Waals surface area contributed by atoms with Crippen molar-refractivity contribution >= 4 is 34.4 Å². The highest BCUT2D eigenvalue weighted by Crippen LogP contribution is 2.17. The number of ether oxygens (including phenoxy) is 2. The number of imidazole rings is 1. The Labute approximate surface area is 179 Å². The maximum Gasteiger partial charge on any atom is 0.410 e. The average molecular weight is 431 g/mol. The highest BCUT2D eigenvalue weighted by Gasteiger charge is 2.24. The Balaban J connectivity index is 1.72. The minimum atomic E-state index is -0.610. The van der Waals surface area contributed by atoms with Crippen LogP contribution in [0.25, 0.3) is 11.0 Å². The molecule has 9 heteroatoms. The number of nitrogens with one attached hydrogen (secondary N) is 1. The molecule has 2 aromatic heterocycles. The maximum atomic E-state index is 12.8. The minimum Gasteiger partial charge on any atom is -0.461 e. The molecule has 0 saturated heterocycles. The first-order valence-corrected chi connectivity index (χ1v) is 10.7. The molecule has 0 aliphatic carbocycles. The average Bonchev–Trinajstić information content (AvgIpc) is 3.30. The lowest BCUT2D eigenvalue weighted by atomic mass is 10.2. The molecule has 3 rings (SSSR count). The van der Waals surface area contributed by atoms with Gasteiger partial charge in [0.05, 0.1) is 29.2 Å². The Kier molecular flexibility index (Phi) is 6.71. The van der Waals surface area contributed by atoms with E-state index in [1.807, 2.05) is 45.0 Å². The number of para-hydroxylation sites is 2. The summed E-state index contributed by atoms with van der Waals surface area (Å²) in [5.41, 5.74) is 1.44. The summed E-state index contributed by atoms with van der Waals surface area (Å²) < 4.78 is 10.5. The predicted octanol–water partition coefficient (Wildman–Crippen LogP) is 4.18. The molecule has 1 amide bonds. The zero-order valence-electron chi connectivity index (χ0n) is 17.6. The van der Waals surface area contributed by atoms with Crippen LogP contribution in [0.4, 0.5) is 4.79 Å². The lowest BCUT2D eigenvalue weighted by Crippen LogP contribution is -2.37. The monoisotopic (exact) mass is 430 g/mol. The van der Waals surface area contributed by atoms with Crippen LogP contribution >= 0.6 is 11.3 Å². The van der Waals surface area contributed by atoms with Crippen LogP contribution in [-0.4, -0.2) is 50.7 Å². The number of carbonyl (C=O) groups excluding carboxylic acids is 2. The van der Waals surface area contributed by atoms with E-state index in [9.17, 15) is 9.59 Å². The smallest absolute Gasteiger partial charge is 0.410 e. The topological polar surface area (TPSA) is 97.4 Å². The lowest BCUT2D eigenvalue weighted by Gasteiger charge is -2.26. The molecule has 0 aliphatic rings. The van der Waals surface area contributed by atoms with E-state index in [0.29, 0.717) is 25.4 Å². The first-order valence-electron chi connectivity index (χ1n) is 9.78. The molecule has 8 nitrogen and oxygen atoms in total. The number of hydrogen-bond acceptors (Lipinski definition) is 7. The zero-order valence-corrected chi connectivity index (χ0v) is 18.4. The van der Waals surface area contributed by atoms with E-state index in [2.05, 4.69) is 15.0 Å². The molecule has 3 aromatic rings. The van der Waals surface area contributed by atoms with Crippen LogP contribution in [-0.2, 0) is 22.4 Å². The number of thiazole rings is 1. The summed E-state index contributed by atoms with van der Waals surface area (Å²) in [5.74, 6) is 0.236. The molecule has 0 spiro atoms. The summed E-state index contributed by atoms with van der Waals surface area (Å²) >= 11 is 1.37. The van der Waals surface area contributed by atoms with Gasteiger partial charge in [-0.25, -0.2) is 19.6 Å². The second kappa shape index (κ2) is 9.25. The van der Waals surface area contributed by atoms with Crippen LogP contribution in [0.2, 0.25) is 0 Å². The molecule has 0 radical (unpaired) electrons. The van der Waals surface area contributed by atoms with Gasteiger partial charge in [-0.2, -0.15) is 0 Å². The van der Waals surface area contributed by atoms with Gasteiger partial charge >= 0.3 is 12.1 Å². The third-order valence-electron chi connectivity index (χ3n) is 4.06. The van der Waals surface area contributed by atoms with Gasteiger partial charge in [0.25, 0.3) is 0 Å². The summed E-state index contributed by atoms with van der Waals surface area (Å²) in [6.45, 7) is 8.20. The fourth-order valence-electron chi connectivity index (χ4n) is 2.78. The maximum absolute atomic E-state index is 12.8. The van der Waals surface area contributed by atoms with Crippen LogP contribution in [0.15, 0.2) is 29.6 Å². The molecule has 1 aromatic carbocycles. The first kappa shape index (κ1) is 21.8. The number of esters is 1. The Bertz CT molecular complexity index is 988. The number of aromatic amines is 1. The largest absolute Gasteiger partial charge is 0.461 e. The number of amides is 1. The van der Waals surface area contributed by atoms with Crippen LogP contribution < -0.4 is 0 Å². The van der Waals surface area contributed by atoms with Gasteiger partial charge in [-0.3, -0.25) is 0 Å². The van der Waals surface area contributed by atoms with E-state index in [4.69, 9.17) is 9.47 Å². The number of fused-ring (bicyclic) bond motifs is 1. The molecule has 30 heavy (non-hydrogen) atoms. The lowest BCUT2D eigenvalue weighted by molar-refractivity contribution is 0.0231. The molecule has 160 valence electrons. The van der Waals surface area contributed by atoms with Crippen molar-refractivity contribution in [2.45, 2.75) is 46.3 Å². The van der Waals surface area contributed by atoms with Crippen molar-refractivity contribution in [2.24, 2.45) is 0 Å². The Morgan fingerprint density at radius 2 is 1.97 bits per heavy atom. The fraction of sp³-hybridized carbons (Fsp3) is 0.429. The number of benzene rings is 1. The normalized spacial score (nSPS) is 11.5. The second-order valence-electron chi connectivity index (χ2n) is 7.70. The van der Waals surface area contributed by atoms with Crippen LogP contribution in [0.3, 0.4) is 0 Å². The number of rotatable bonds is 7. The third kappa shape index (κ3) is 5.79. The van der Waals surface area contributed by atoms with E-state index in [1.165, 1.54) is 11.3 Å². The molecular weight excluding hydrogens is 404 g/mol. The molecule has 0 atom stereocenters. The van der Waals surface area contributed by atoms with Gasteiger partial charge in [-0.1, -0.05) is 12.1 Å². The minimum absolute atomic E-state index is 0.277. The number of H-pyrrole nitrogens is 1. The number of nitrogens with zero attached hydrogens (tertiary/aromatic N) is 3. The van der Waals surface area contributed by atoms with E-state index in [0.717, 1.165) is 16.0 Å². The van der Waals surface area contributed by atoms with Crippen molar-refractivity contribution in [3.8, 4) is 0 Å². The number of carbonyl (C=O) groups is 2. The van der Waals surface area contributed by atoms with Crippen molar-refractivity contribution < 1.29 is 19.1 Å². The summed E-state index contributed by atoms with van der Waals surface area (Å²) in [6, 6.07) is 7.71. The van der Waals surface area contributed by atoms with Crippen molar-refractivity contribution in [1.29, 1.82) is 0 Å². The van der Waals surface area contributed by atoms with Gasteiger partial charge in [-0.05, 0) is 39.8 Å². The van der Waals surface area contributed by atoms with Crippen molar-refractivity contribution in [3.05, 3.63) is 46.2 Å². The van der Waals surface area contributed by atoms with Gasteiger partial charge in [0.15, 0.2) is 5.69 Å². The molecule has 0 unspecified atom stereocenters. The Hall–Kier alpha value is -2.94. The SMILES string of the molecule is CCOC(=O)c1csc(CCN(Cc2nc3ccccc3[nH]2)C(=O)OC(C)(C)C)n1. The standard InChI is InChI=1S/C21H26N4O4S/c1-5-28-19(26)16-13-30-18(24-16)10-11-25(20(27)29-21(2,3)4)12-17-22-14-8-6-7-9-15(14)23-17/h6-9,13H,5,10-12H2,1-4H3,(H,22,23). The van der Waals surface area contributed by atoms with Crippen LogP contribution in [0.1, 0.15) is 49.0 Å². The molecule has 0 aliphatic heterocycles. The van der Waals surface area contributed by atoms with Gasteiger partial charge < -0.3 is 19.4 Å². The molecule has 2 heterocycles. The molecule has 0 saturated carbocycles. The highest BCUT2D eigenvalue weighted by molar-refractivity contribution is 7.09. The van der Waals surface area contributed by atoms with E-state index in [-0.39, 0.29) is 12.2 Å². The van der Waals surface area contributed by atoms with E-state index >= 15 is 0 Å². The van der Waals surface area contributed by atoms with Gasteiger partial charge in [-0.15, -0.1) is 11.3 Å². The quantitative estimate of drug-likeness (QED) is 0.565. The van der Waals surface area contributed by atoms with Gasteiger partial charge in [0, 0.05) is 18.3 Å². The van der Waals surface area contributed by atoms with Crippen molar-refractivity contribution in [1.82, 2.24) is 19.9 Å². The summed E-state index contributed by atoms with van der Waals surface area (Å²) in [5, 5.41) is 2.42. The van der Waals surface area contributed by atoms with Crippen LogP contribution in [0, 0.1) is 0 Å². The molecule has 1 N–H and O–H groups in total. The number of aromatic nitrogens is 3. The highest BCUT2D eigenvalue weighted by atomic mass is 32.1. The van der Waals surface area contributed by atoms with Gasteiger partial charge in [0.2, 0.25) is 0 Å². The summed E-state index contributed by atoms with van der Waals surface area (Å²) in [7, 11) is 0. The first-order chi connectivity index (χ1) is 14.2. The van der Waals surface area contributed by atoms with Crippen LogP contribution in [0.5, 0.6) is 0 Å². The van der Waals surface area contributed by atoms with E-state index < -0.39 is 17.7 Å². The van der Waals surface area contributed by atoms with Crippen molar-refractivity contribution in [2.75, 3.05) is 13.2 Å². The Morgan fingerprint density at radius 3 is 2.67 bits per heavy atom. The van der Waals surface area contributed by atoms with E-state index in [1.54, 1.807) is 17.2 Å².